The lowest BCUT2D eigenvalue weighted by Gasteiger charge is -2.22. The third-order valence-electron chi connectivity index (χ3n) is 3.82. The number of benzene rings is 1. The molecule has 0 saturated carbocycles. The summed E-state index contributed by atoms with van der Waals surface area (Å²) in [5.41, 5.74) is 1.51. The second-order valence-corrected chi connectivity index (χ2v) is 6.20. The molecule has 17 heavy (non-hydrogen) atoms. The molecule has 1 fully saturated rings. The van der Waals surface area contributed by atoms with Crippen LogP contribution in [0.4, 0.5) is 0 Å². The average molecular weight is 245 g/mol. The second-order valence-electron chi connectivity index (χ2n) is 5.06. The molecule has 1 atom stereocenters. The number of thiophene rings is 1. The Bertz CT molecular complexity index is 509. The summed E-state index contributed by atoms with van der Waals surface area (Å²) in [6, 6.07) is 8.79. The first-order valence-electron chi connectivity index (χ1n) is 6.52. The number of piperidine rings is 1. The minimum atomic E-state index is 0.843. The van der Waals surface area contributed by atoms with E-state index in [4.69, 9.17) is 0 Å². The molecule has 0 amide bonds. The first kappa shape index (κ1) is 11.2. The maximum atomic E-state index is 3.51. The number of nitrogens with one attached hydrogen (secondary N) is 1. The maximum absolute atomic E-state index is 3.51. The van der Waals surface area contributed by atoms with Crippen LogP contribution < -0.4 is 5.32 Å². The maximum Gasteiger partial charge on any atom is 0.0348 e. The molecule has 0 aliphatic carbocycles. The van der Waals surface area contributed by atoms with E-state index in [-0.39, 0.29) is 0 Å². The Morgan fingerprint density at radius 3 is 3.00 bits per heavy atom. The van der Waals surface area contributed by atoms with Gasteiger partial charge in [0.05, 0.1) is 0 Å². The van der Waals surface area contributed by atoms with Crippen molar-refractivity contribution < 1.29 is 0 Å². The molecule has 90 valence electrons. The van der Waals surface area contributed by atoms with E-state index in [1.807, 2.05) is 11.3 Å². The molecule has 1 saturated heterocycles. The third kappa shape index (κ3) is 2.24. The van der Waals surface area contributed by atoms with E-state index in [0.717, 1.165) is 5.92 Å². The van der Waals surface area contributed by atoms with Gasteiger partial charge in [-0.05, 0) is 62.2 Å². The van der Waals surface area contributed by atoms with E-state index in [1.165, 1.54) is 48.0 Å². The largest absolute Gasteiger partial charge is 0.316 e. The molecule has 3 rings (SSSR count). The number of fused-ring (bicyclic) bond motifs is 1. The van der Waals surface area contributed by atoms with Gasteiger partial charge in [0.15, 0.2) is 0 Å². The van der Waals surface area contributed by atoms with Crippen molar-refractivity contribution in [2.75, 3.05) is 13.1 Å². The van der Waals surface area contributed by atoms with Crippen LogP contribution in [-0.4, -0.2) is 13.1 Å². The number of rotatable bonds is 2. The molecule has 1 nitrogen and oxygen atoms in total. The van der Waals surface area contributed by atoms with Gasteiger partial charge in [0.25, 0.3) is 0 Å². The standard InChI is InChI=1S/C15H19NS/c1-11-13-6-2-3-7-14(13)17-15(11)9-12-5-4-8-16-10-12/h2-3,6-7,12,16H,4-5,8-10H2,1H3. The van der Waals surface area contributed by atoms with Crippen molar-refractivity contribution in [3.8, 4) is 0 Å². The van der Waals surface area contributed by atoms with Crippen molar-refractivity contribution in [3.05, 3.63) is 34.7 Å². The van der Waals surface area contributed by atoms with E-state index >= 15 is 0 Å². The SMILES string of the molecule is Cc1c(CC2CCCNC2)sc2ccccc12. The Kier molecular flexibility index (Phi) is 3.17. The predicted octanol–water partition coefficient (Wildman–Crippen LogP) is 3.75. The first-order valence-corrected chi connectivity index (χ1v) is 7.34. The quantitative estimate of drug-likeness (QED) is 0.849. The Labute approximate surface area is 107 Å². The Morgan fingerprint density at radius 1 is 1.35 bits per heavy atom. The van der Waals surface area contributed by atoms with Crippen LogP contribution in [0.25, 0.3) is 10.1 Å². The molecular formula is C15H19NS. The van der Waals surface area contributed by atoms with Gasteiger partial charge in [-0.15, -0.1) is 11.3 Å². The monoisotopic (exact) mass is 245 g/mol. The van der Waals surface area contributed by atoms with Gasteiger partial charge in [0.2, 0.25) is 0 Å². The van der Waals surface area contributed by atoms with Gasteiger partial charge >= 0.3 is 0 Å². The molecule has 1 aliphatic rings. The molecule has 1 aliphatic heterocycles. The van der Waals surface area contributed by atoms with E-state index in [9.17, 15) is 0 Å². The van der Waals surface area contributed by atoms with Gasteiger partial charge in [0, 0.05) is 9.58 Å². The third-order valence-corrected chi connectivity index (χ3v) is 5.11. The van der Waals surface area contributed by atoms with Crippen molar-refractivity contribution in [1.29, 1.82) is 0 Å². The van der Waals surface area contributed by atoms with Crippen LogP contribution in [-0.2, 0) is 6.42 Å². The van der Waals surface area contributed by atoms with Gasteiger partial charge in [-0.1, -0.05) is 18.2 Å². The summed E-state index contributed by atoms with van der Waals surface area (Å²) < 4.78 is 1.45. The molecule has 1 unspecified atom stereocenters. The van der Waals surface area contributed by atoms with Crippen LogP contribution in [0.1, 0.15) is 23.3 Å². The lowest BCUT2D eigenvalue weighted by molar-refractivity contribution is 0.377. The molecular weight excluding hydrogens is 226 g/mol. The lowest BCUT2D eigenvalue weighted by atomic mass is 9.94. The number of hydrogen-bond donors (Lipinski definition) is 1. The van der Waals surface area contributed by atoms with Crippen LogP contribution in [0.3, 0.4) is 0 Å². The van der Waals surface area contributed by atoms with Crippen molar-refractivity contribution in [2.45, 2.75) is 26.2 Å². The van der Waals surface area contributed by atoms with Gasteiger partial charge in [-0.25, -0.2) is 0 Å². The highest BCUT2D eigenvalue weighted by molar-refractivity contribution is 7.19. The summed E-state index contributed by atoms with van der Waals surface area (Å²) in [4.78, 5) is 1.60. The number of aryl methyl sites for hydroxylation is 1. The van der Waals surface area contributed by atoms with E-state index < -0.39 is 0 Å². The molecule has 2 aromatic rings. The molecule has 2 heteroatoms. The van der Waals surface area contributed by atoms with Crippen LogP contribution in [0.15, 0.2) is 24.3 Å². The highest BCUT2D eigenvalue weighted by atomic mass is 32.1. The second kappa shape index (κ2) is 4.79. The van der Waals surface area contributed by atoms with Gasteiger partial charge < -0.3 is 5.32 Å². The predicted molar refractivity (Wildman–Crippen MR) is 75.9 cm³/mol. The van der Waals surface area contributed by atoms with Gasteiger partial charge in [0.1, 0.15) is 0 Å². The van der Waals surface area contributed by atoms with Crippen molar-refractivity contribution >= 4 is 21.4 Å². The summed E-state index contributed by atoms with van der Waals surface area (Å²) in [6.45, 7) is 4.69. The molecule has 0 spiro atoms. The fourth-order valence-corrected chi connectivity index (χ4v) is 4.11. The molecule has 2 heterocycles. The normalized spacial score (nSPS) is 20.9. The minimum Gasteiger partial charge on any atom is -0.316 e. The Balaban J connectivity index is 1.87. The average Bonchev–Trinajstić information content (AvgIpc) is 2.68. The van der Waals surface area contributed by atoms with E-state index in [1.54, 1.807) is 4.88 Å². The summed E-state index contributed by atoms with van der Waals surface area (Å²) >= 11 is 1.99. The smallest absolute Gasteiger partial charge is 0.0348 e. The fourth-order valence-electron chi connectivity index (χ4n) is 2.78. The molecule has 0 radical (unpaired) electrons. The summed E-state index contributed by atoms with van der Waals surface area (Å²) in [5.74, 6) is 0.843. The Morgan fingerprint density at radius 2 is 2.24 bits per heavy atom. The lowest BCUT2D eigenvalue weighted by Crippen LogP contribution is -2.30. The minimum absolute atomic E-state index is 0.843. The fraction of sp³-hybridized carbons (Fsp3) is 0.467. The zero-order chi connectivity index (χ0) is 11.7. The molecule has 1 aromatic carbocycles. The summed E-state index contributed by atoms with van der Waals surface area (Å²) in [7, 11) is 0. The highest BCUT2D eigenvalue weighted by Gasteiger charge is 2.16. The molecule has 0 bridgehead atoms. The highest BCUT2D eigenvalue weighted by Crippen LogP contribution is 2.33. The summed E-state index contributed by atoms with van der Waals surface area (Å²) in [5, 5.41) is 4.97. The Hall–Kier alpha value is -0.860. The van der Waals surface area contributed by atoms with Crippen LogP contribution in [0.2, 0.25) is 0 Å². The van der Waals surface area contributed by atoms with Crippen LogP contribution in [0, 0.1) is 12.8 Å². The van der Waals surface area contributed by atoms with Crippen molar-refractivity contribution in [2.24, 2.45) is 5.92 Å². The van der Waals surface area contributed by atoms with Crippen molar-refractivity contribution in [3.63, 3.8) is 0 Å². The zero-order valence-electron chi connectivity index (χ0n) is 10.3. The summed E-state index contributed by atoms with van der Waals surface area (Å²) in [6.07, 6.45) is 3.99. The van der Waals surface area contributed by atoms with Crippen molar-refractivity contribution in [1.82, 2.24) is 5.32 Å². The topological polar surface area (TPSA) is 12.0 Å². The van der Waals surface area contributed by atoms with E-state index in [0.29, 0.717) is 0 Å². The zero-order valence-corrected chi connectivity index (χ0v) is 11.1. The van der Waals surface area contributed by atoms with Crippen LogP contribution in [0.5, 0.6) is 0 Å². The van der Waals surface area contributed by atoms with Gasteiger partial charge in [-0.3, -0.25) is 0 Å². The van der Waals surface area contributed by atoms with Crippen LogP contribution >= 0.6 is 11.3 Å². The first-order chi connectivity index (χ1) is 8.34. The van der Waals surface area contributed by atoms with Gasteiger partial charge in [-0.2, -0.15) is 0 Å². The molecule has 1 N–H and O–H groups in total. The van der Waals surface area contributed by atoms with E-state index in [2.05, 4.69) is 36.5 Å². The molecule has 1 aromatic heterocycles. The number of hydrogen-bond acceptors (Lipinski definition) is 2.